The van der Waals surface area contributed by atoms with Crippen LogP contribution in [0.15, 0.2) is 267 Å². The maximum atomic E-state index is 2.45. The van der Waals surface area contributed by atoms with Gasteiger partial charge in [-0.3, -0.25) is 0 Å². The van der Waals surface area contributed by atoms with E-state index in [4.69, 9.17) is 0 Å². The van der Waals surface area contributed by atoms with Gasteiger partial charge in [-0.2, -0.15) is 0 Å². The van der Waals surface area contributed by atoms with Crippen LogP contribution in [-0.2, 0) is 0 Å². The predicted octanol–water partition coefficient (Wildman–Crippen LogP) is 19.0. The molecule has 0 saturated carbocycles. The Kier molecular flexibility index (Phi) is 9.25. The maximum absolute atomic E-state index is 2.45. The summed E-state index contributed by atoms with van der Waals surface area (Å²) in [7, 11) is 0. The van der Waals surface area contributed by atoms with Crippen LogP contribution in [0.2, 0.25) is 0 Å². The van der Waals surface area contributed by atoms with Crippen molar-refractivity contribution in [2.45, 2.75) is 0 Å². The Balaban J connectivity index is 0.943. The number of hydrogen-bond donors (Lipinski definition) is 0. The molecule has 0 aliphatic carbocycles. The lowest BCUT2D eigenvalue weighted by atomic mass is 9.93. The van der Waals surface area contributed by atoms with E-state index in [1.807, 2.05) is 0 Å². The van der Waals surface area contributed by atoms with Crippen molar-refractivity contribution in [2.24, 2.45) is 0 Å². The Morgan fingerprint density at radius 2 is 0.757 bits per heavy atom. The third kappa shape index (κ3) is 6.42. The first kappa shape index (κ1) is 39.9. The number of hydrogen-bond acceptors (Lipinski definition) is 1. The third-order valence-corrected chi connectivity index (χ3v) is 14.5. The van der Waals surface area contributed by atoms with E-state index in [-0.39, 0.29) is 0 Å². The van der Waals surface area contributed by atoms with E-state index in [1.54, 1.807) is 0 Å². The van der Waals surface area contributed by atoms with Gasteiger partial charge in [-0.1, -0.05) is 200 Å². The van der Waals surface area contributed by atoms with Crippen molar-refractivity contribution in [3.8, 4) is 39.1 Å². The molecular weight excluding hydrogens is 845 g/mol. The van der Waals surface area contributed by atoms with E-state index in [1.165, 1.54) is 103 Å². The predicted molar refractivity (Wildman–Crippen MR) is 299 cm³/mol. The molecule has 0 N–H and O–H groups in total. The van der Waals surface area contributed by atoms with Gasteiger partial charge in [0, 0.05) is 38.9 Å². The summed E-state index contributed by atoms with van der Waals surface area (Å²) >= 11 is 0. The van der Waals surface area contributed by atoms with E-state index in [9.17, 15) is 0 Å². The Bertz CT molecular complexity index is 4170. The second-order valence-corrected chi connectivity index (χ2v) is 18.4. The minimum Gasteiger partial charge on any atom is -0.310 e. The van der Waals surface area contributed by atoms with Crippen LogP contribution < -0.4 is 4.90 Å². The largest absolute Gasteiger partial charge is 0.310 e. The van der Waals surface area contributed by atoms with E-state index < -0.39 is 0 Å². The Morgan fingerprint density at radius 1 is 0.257 bits per heavy atom. The smallest absolute Gasteiger partial charge is 0.0619 e. The number of aromatic nitrogens is 1. The van der Waals surface area contributed by atoms with Gasteiger partial charge in [0.15, 0.2) is 0 Å². The number of anilines is 3. The molecule has 0 aliphatic heterocycles. The van der Waals surface area contributed by atoms with Gasteiger partial charge in [0.1, 0.15) is 0 Å². The van der Waals surface area contributed by atoms with Gasteiger partial charge in [0.05, 0.1) is 11.0 Å². The molecule has 1 aromatic heterocycles. The average molecular weight is 889 g/mol. The standard InChI is InChI=1S/C68H44N2/c1-2-20-51(21-3-1)70-66-31-15-30-57(67(66)63-41-36-45-16-4-9-25-58(45)68(63)70)48-19-14-22-54(42-48)69(52-37-32-46(33-38-52)64-43-49-17-5-7-23-55(49)59-26-10-12-28-61(59)64)53-39-34-47(35-40-53)65-44-50-18-6-8-24-56(50)60-27-11-13-29-62(60)65/h1-44H. The molecule has 14 aromatic rings. The molecule has 0 atom stereocenters. The van der Waals surface area contributed by atoms with Crippen molar-refractivity contribution >= 4 is 92.7 Å². The molecule has 326 valence electrons. The molecule has 2 heteroatoms. The molecule has 0 spiro atoms. The second-order valence-electron chi connectivity index (χ2n) is 18.4. The molecule has 0 aliphatic rings. The number of rotatable bonds is 7. The highest BCUT2D eigenvalue weighted by Gasteiger charge is 2.21. The summed E-state index contributed by atoms with van der Waals surface area (Å²) in [6.07, 6.45) is 0. The second kappa shape index (κ2) is 16.2. The molecule has 0 bridgehead atoms. The lowest BCUT2D eigenvalue weighted by Gasteiger charge is -2.27. The lowest BCUT2D eigenvalue weighted by Crippen LogP contribution is -2.10. The first-order valence-electron chi connectivity index (χ1n) is 24.2. The van der Waals surface area contributed by atoms with Crippen molar-refractivity contribution in [3.63, 3.8) is 0 Å². The summed E-state index contributed by atoms with van der Waals surface area (Å²) in [5.41, 5.74) is 14.0. The lowest BCUT2D eigenvalue weighted by molar-refractivity contribution is 1.19. The number of nitrogens with zero attached hydrogens (tertiary/aromatic N) is 2. The van der Waals surface area contributed by atoms with Crippen LogP contribution in [0.5, 0.6) is 0 Å². The Hall–Kier alpha value is -9.24. The molecule has 0 fully saturated rings. The molecule has 0 unspecified atom stereocenters. The van der Waals surface area contributed by atoms with Crippen molar-refractivity contribution in [2.75, 3.05) is 4.90 Å². The third-order valence-electron chi connectivity index (χ3n) is 14.5. The van der Waals surface area contributed by atoms with Gasteiger partial charge in [-0.25, -0.2) is 0 Å². The highest BCUT2D eigenvalue weighted by atomic mass is 15.1. The molecule has 2 nitrogen and oxygen atoms in total. The minimum absolute atomic E-state index is 1.08. The van der Waals surface area contributed by atoms with Gasteiger partial charge >= 0.3 is 0 Å². The zero-order chi connectivity index (χ0) is 46.1. The fourth-order valence-electron chi connectivity index (χ4n) is 11.3. The number of benzene rings is 13. The van der Waals surface area contributed by atoms with Crippen LogP contribution in [0, 0.1) is 0 Å². The molecule has 13 aromatic carbocycles. The summed E-state index contributed by atoms with van der Waals surface area (Å²) in [4.78, 5) is 2.41. The molecule has 0 saturated heterocycles. The quantitative estimate of drug-likeness (QED) is 0.145. The Labute approximate surface area is 406 Å². The van der Waals surface area contributed by atoms with Gasteiger partial charge in [0.2, 0.25) is 0 Å². The van der Waals surface area contributed by atoms with E-state index in [2.05, 4.69) is 276 Å². The van der Waals surface area contributed by atoms with E-state index in [0.29, 0.717) is 0 Å². The average Bonchev–Trinajstić information content (AvgIpc) is 3.79. The zero-order valence-electron chi connectivity index (χ0n) is 38.3. The number of fused-ring (bicyclic) bond motifs is 11. The number of para-hydroxylation sites is 1. The molecule has 70 heavy (non-hydrogen) atoms. The van der Waals surface area contributed by atoms with Crippen LogP contribution >= 0.6 is 0 Å². The summed E-state index contributed by atoms with van der Waals surface area (Å²) in [5.74, 6) is 0. The monoisotopic (exact) mass is 888 g/mol. The SMILES string of the molecule is c1ccc(-n2c3cccc(-c4cccc(N(c5ccc(-c6cc7ccccc7c7ccccc67)cc5)c5ccc(-c6cc7ccccc7c7ccccc67)cc5)c4)c3c3ccc4ccccc4c32)cc1. The van der Waals surface area contributed by atoms with Crippen LogP contribution in [0.4, 0.5) is 17.1 Å². The molecular formula is C68H44N2. The molecule has 0 radical (unpaired) electrons. The summed E-state index contributed by atoms with van der Waals surface area (Å²) < 4.78 is 2.45. The summed E-state index contributed by atoms with van der Waals surface area (Å²) in [6.45, 7) is 0. The van der Waals surface area contributed by atoms with Crippen molar-refractivity contribution in [1.82, 2.24) is 4.57 Å². The van der Waals surface area contributed by atoms with Crippen molar-refractivity contribution in [3.05, 3.63) is 267 Å². The fraction of sp³-hybridized carbons (Fsp3) is 0. The highest BCUT2D eigenvalue weighted by Crippen LogP contribution is 2.45. The van der Waals surface area contributed by atoms with Gasteiger partial charge in [-0.15, -0.1) is 0 Å². The van der Waals surface area contributed by atoms with Crippen LogP contribution in [0.25, 0.3) is 115 Å². The molecule has 14 rings (SSSR count). The van der Waals surface area contributed by atoms with E-state index in [0.717, 1.165) is 28.3 Å². The summed E-state index contributed by atoms with van der Waals surface area (Å²) in [6, 6.07) is 98.1. The van der Waals surface area contributed by atoms with Gasteiger partial charge < -0.3 is 9.47 Å². The van der Waals surface area contributed by atoms with Gasteiger partial charge in [0.25, 0.3) is 0 Å². The normalized spacial score (nSPS) is 11.7. The first-order chi connectivity index (χ1) is 34.7. The molecule has 1 heterocycles. The minimum atomic E-state index is 1.08. The highest BCUT2D eigenvalue weighted by molar-refractivity contribution is 6.22. The first-order valence-corrected chi connectivity index (χ1v) is 24.2. The fourth-order valence-corrected chi connectivity index (χ4v) is 11.3. The zero-order valence-corrected chi connectivity index (χ0v) is 38.3. The van der Waals surface area contributed by atoms with Crippen LogP contribution in [0.3, 0.4) is 0 Å². The Morgan fingerprint density at radius 3 is 1.36 bits per heavy atom. The topological polar surface area (TPSA) is 8.17 Å². The summed E-state index contributed by atoms with van der Waals surface area (Å²) in [5, 5.41) is 15.0. The van der Waals surface area contributed by atoms with E-state index >= 15 is 0 Å². The molecule has 0 amide bonds. The van der Waals surface area contributed by atoms with Crippen LogP contribution in [0.1, 0.15) is 0 Å². The van der Waals surface area contributed by atoms with Crippen molar-refractivity contribution in [1.29, 1.82) is 0 Å². The van der Waals surface area contributed by atoms with Crippen molar-refractivity contribution < 1.29 is 0 Å². The van der Waals surface area contributed by atoms with Crippen LogP contribution in [-0.4, -0.2) is 4.57 Å². The maximum Gasteiger partial charge on any atom is 0.0619 e. The van der Waals surface area contributed by atoms with Gasteiger partial charge in [-0.05, 0) is 149 Å².